The Morgan fingerprint density at radius 2 is 1.88 bits per heavy atom. The largest absolute Gasteiger partial charge is 0.352 e. The molecule has 2 N–H and O–H groups in total. The first kappa shape index (κ1) is 18.2. The average molecular weight is 366 g/mol. The minimum atomic E-state index is -0.0259. The molecule has 26 heavy (non-hydrogen) atoms. The van der Waals surface area contributed by atoms with Crippen molar-refractivity contribution in [3.8, 4) is 0 Å². The van der Waals surface area contributed by atoms with Crippen molar-refractivity contribution in [1.29, 1.82) is 0 Å². The Labute approximate surface area is 158 Å². The van der Waals surface area contributed by atoms with Crippen LogP contribution in [0, 0.1) is 13.8 Å². The number of hydrazone groups is 1. The highest BCUT2D eigenvalue weighted by Crippen LogP contribution is 2.25. The van der Waals surface area contributed by atoms with Crippen molar-refractivity contribution in [2.45, 2.75) is 27.3 Å². The number of carbonyl (C=O) groups excluding carboxylic acids is 1. The fraction of sp³-hybridized carbons (Fsp3) is 0.250. The van der Waals surface area contributed by atoms with Crippen molar-refractivity contribution < 1.29 is 4.79 Å². The van der Waals surface area contributed by atoms with Crippen LogP contribution < -0.4 is 10.7 Å². The Morgan fingerprint density at radius 3 is 2.46 bits per heavy atom. The number of para-hydroxylation sites is 1. The summed E-state index contributed by atoms with van der Waals surface area (Å²) < 4.78 is 0. The molecular weight excluding hydrogens is 344 g/mol. The second kappa shape index (κ2) is 8.19. The number of aliphatic imine (C=N–C) groups is 1. The molecule has 1 heterocycles. The summed E-state index contributed by atoms with van der Waals surface area (Å²) in [6.07, 6.45) is 0. The molecule has 1 aliphatic rings. The molecule has 3 rings (SSSR count). The van der Waals surface area contributed by atoms with Gasteiger partial charge in [0.05, 0.1) is 11.4 Å². The number of amides is 1. The third kappa shape index (κ3) is 4.52. The van der Waals surface area contributed by atoms with E-state index in [9.17, 15) is 4.79 Å². The van der Waals surface area contributed by atoms with Crippen LogP contribution in [0.25, 0.3) is 0 Å². The number of rotatable bonds is 4. The lowest BCUT2D eigenvalue weighted by molar-refractivity contribution is -0.119. The van der Waals surface area contributed by atoms with Gasteiger partial charge in [-0.1, -0.05) is 54.2 Å². The summed E-state index contributed by atoms with van der Waals surface area (Å²) in [6, 6.07) is 14.3. The standard InChI is InChI=1S/C20H22N4OS/c1-13-5-4-6-14(2)19(13)22-20-24-23-18(12-26-20)17-9-7-16(8-10-17)11-21-15(3)25/h4-10H,11-12H2,1-3H3,(H,21,25)(H,22,24). The molecule has 134 valence electrons. The van der Waals surface area contributed by atoms with E-state index in [0.29, 0.717) is 6.54 Å². The lowest BCUT2D eigenvalue weighted by Gasteiger charge is -2.16. The number of amidine groups is 1. The van der Waals surface area contributed by atoms with Crippen LogP contribution >= 0.6 is 11.8 Å². The molecule has 0 spiro atoms. The molecule has 2 aromatic carbocycles. The van der Waals surface area contributed by atoms with E-state index in [0.717, 1.165) is 44.6 Å². The van der Waals surface area contributed by atoms with E-state index < -0.39 is 0 Å². The van der Waals surface area contributed by atoms with Gasteiger partial charge in [-0.2, -0.15) is 5.10 Å². The van der Waals surface area contributed by atoms with Gasteiger partial charge in [-0.3, -0.25) is 10.2 Å². The van der Waals surface area contributed by atoms with Gasteiger partial charge in [-0.15, -0.1) is 0 Å². The van der Waals surface area contributed by atoms with Gasteiger partial charge >= 0.3 is 0 Å². The Bertz CT molecular complexity index is 852. The Kier molecular flexibility index (Phi) is 5.73. The SMILES string of the molecule is CC(=O)NCc1ccc(C2=NNC(=Nc3c(C)cccc3C)SC2)cc1. The molecular formula is C20H22N4OS. The van der Waals surface area contributed by atoms with Crippen LogP contribution in [0.2, 0.25) is 0 Å². The number of thioether (sulfide) groups is 1. The van der Waals surface area contributed by atoms with Crippen LogP contribution in [0.5, 0.6) is 0 Å². The van der Waals surface area contributed by atoms with Crippen molar-refractivity contribution in [3.05, 3.63) is 64.7 Å². The third-order valence-electron chi connectivity index (χ3n) is 4.11. The van der Waals surface area contributed by atoms with Crippen LogP contribution in [0.3, 0.4) is 0 Å². The van der Waals surface area contributed by atoms with Crippen molar-refractivity contribution in [3.63, 3.8) is 0 Å². The molecule has 1 amide bonds. The highest BCUT2D eigenvalue weighted by atomic mass is 32.2. The van der Waals surface area contributed by atoms with Gasteiger partial charge in [-0.25, -0.2) is 4.99 Å². The van der Waals surface area contributed by atoms with E-state index in [-0.39, 0.29) is 5.91 Å². The molecule has 0 unspecified atom stereocenters. The van der Waals surface area contributed by atoms with E-state index in [2.05, 4.69) is 41.8 Å². The van der Waals surface area contributed by atoms with Crippen LogP contribution in [0.4, 0.5) is 5.69 Å². The monoisotopic (exact) mass is 366 g/mol. The first-order valence-electron chi connectivity index (χ1n) is 8.47. The van der Waals surface area contributed by atoms with Gasteiger partial charge in [-0.05, 0) is 36.1 Å². The Morgan fingerprint density at radius 1 is 1.19 bits per heavy atom. The quantitative estimate of drug-likeness (QED) is 0.868. The minimum absolute atomic E-state index is 0.0259. The van der Waals surface area contributed by atoms with Crippen LogP contribution in [0.15, 0.2) is 52.6 Å². The maximum Gasteiger partial charge on any atom is 0.217 e. The van der Waals surface area contributed by atoms with Gasteiger partial charge in [0.25, 0.3) is 0 Å². The van der Waals surface area contributed by atoms with Crippen LogP contribution in [-0.4, -0.2) is 22.5 Å². The lowest BCUT2D eigenvalue weighted by Crippen LogP contribution is -2.25. The normalized spacial score (nSPS) is 15.3. The highest BCUT2D eigenvalue weighted by molar-refractivity contribution is 8.14. The summed E-state index contributed by atoms with van der Waals surface area (Å²) in [5, 5.41) is 8.10. The van der Waals surface area contributed by atoms with Crippen LogP contribution in [-0.2, 0) is 11.3 Å². The number of benzene rings is 2. The lowest BCUT2D eigenvalue weighted by atomic mass is 10.1. The van der Waals surface area contributed by atoms with Gasteiger partial charge in [0.15, 0.2) is 5.17 Å². The van der Waals surface area contributed by atoms with Gasteiger partial charge < -0.3 is 5.32 Å². The number of nitrogens with one attached hydrogen (secondary N) is 2. The van der Waals surface area contributed by atoms with Gasteiger partial charge in [0.2, 0.25) is 5.91 Å². The van der Waals surface area contributed by atoms with E-state index in [4.69, 9.17) is 4.99 Å². The molecule has 2 aromatic rings. The predicted molar refractivity (Wildman–Crippen MR) is 109 cm³/mol. The fourth-order valence-corrected chi connectivity index (χ4v) is 3.42. The number of aryl methyl sites for hydroxylation is 2. The van der Waals surface area contributed by atoms with Crippen LogP contribution in [0.1, 0.15) is 29.2 Å². The first-order chi connectivity index (χ1) is 12.5. The topological polar surface area (TPSA) is 65.8 Å². The number of carbonyl (C=O) groups is 1. The number of hydrogen-bond donors (Lipinski definition) is 2. The predicted octanol–water partition coefficient (Wildman–Crippen LogP) is 3.67. The Hall–Kier alpha value is -2.60. The first-order valence-corrected chi connectivity index (χ1v) is 9.45. The summed E-state index contributed by atoms with van der Waals surface area (Å²) in [6.45, 7) is 6.20. The zero-order valence-corrected chi connectivity index (χ0v) is 16.0. The minimum Gasteiger partial charge on any atom is -0.352 e. The Balaban J connectivity index is 1.69. The van der Waals surface area contributed by atoms with Crippen molar-refractivity contribution in [2.75, 3.05) is 5.75 Å². The molecule has 0 saturated carbocycles. The molecule has 0 aliphatic carbocycles. The third-order valence-corrected chi connectivity index (χ3v) is 4.99. The smallest absolute Gasteiger partial charge is 0.217 e. The highest BCUT2D eigenvalue weighted by Gasteiger charge is 2.14. The number of nitrogens with zero attached hydrogens (tertiary/aromatic N) is 2. The summed E-state index contributed by atoms with van der Waals surface area (Å²) in [7, 11) is 0. The van der Waals surface area contributed by atoms with Crippen molar-refractivity contribution in [2.24, 2.45) is 10.1 Å². The molecule has 0 fully saturated rings. The van der Waals surface area contributed by atoms with Crippen molar-refractivity contribution in [1.82, 2.24) is 10.7 Å². The maximum atomic E-state index is 11.0. The molecule has 0 atom stereocenters. The zero-order valence-electron chi connectivity index (χ0n) is 15.2. The summed E-state index contributed by atoms with van der Waals surface area (Å²) >= 11 is 1.65. The molecule has 0 bridgehead atoms. The molecule has 6 heteroatoms. The summed E-state index contributed by atoms with van der Waals surface area (Å²) in [5.41, 5.74) is 9.51. The van der Waals surface area contributed by atoms with E-state index in [1.54, 1.807) is 11.8 Å². The van der Waals surface area contributed by atoms with Crippen molar-refractivity contribution >= 4 is 34.2 Å². The van der Waals surface area contributed by atoms with E-state index in [1.807, 2.05) is 30.3 Å². The fourth-order valence-electron chi connectivity index (χ4n) is 2.65. The van der Waals surface area contributed by atoms with Gasteiger partial charge in [0.1, 0.15) is 0 Å². The summed E-state index contributed by atoms with van der Waals surface area (Å²) in [4.78, 5) is 15.7. The molecule has 5 nitrogen and oxygen atoms in total. The van der Waals surface area contributed by atoms with Gasteiger partial charge in [0, 0.05) is 19.2 Å². The molecule has 0 radical (unpaired) electrons. The number of hydrogen-bond acceptors (Lipinski definition) is 4. The van der Waals surface area contributed by atoms with E-state index >= 15 is 0 Å². The summed E-state index contributed by atoms with van der Waals surface area (Å²) in [5.74, 6) is 0.740. The van der Waals surface area contributed by atoms with E-state index in [1.165, 1.54) is 6.92 Å². The molecule has 1 aliphatic heterocycles. The molecule has 0 saturated heterocycles. The second-order valence-corrected chi connectivity index (χ2v) is 7.19. The second-order valence-electron chi connectivity index (χ2n) is 6.22. The average Bonchev–Trinajstić information content (AvgIpc) is 2.64. The maximum absolute atomic E-state index is 11.0. The molecule has 0 aromatic heterocycles. The zero-order chi connectivity index (χ0) is 18.5.